The molecule has 0 spiro atoms. The van der Waals surface area contributed by atoms with Crippen LogP contribution in [0.2, 0.25) is 10.0 Å². The molecule has 1 aromatic heterocycles. The number of nitrogens with one attached hydrogen (secondary N) is 2. The summed E-state index contributed by atoms with van der Waals surface area (Å²) in [5, 5.41) is 4.44. The maximum atomic E-state index is 12.7. The number of amides is 3. The third-order valence-electron chi connectivity index (χ3n) is 4.28. The SMILES string of the molecule is O=C1N[C@@H](Cc2c[nH]c3ccccc23)C(=O)N1c1ccc(Cl)c(Cl)c1. The highest BCUT2D eigenvalue weighted by Gasteiger charge is 2.39. The number of hydrogen-bond acceptors (Lipinski definition) is 2. The Morgan fingerprint density at radius 2 is 1.84 bits per heavy atom. The predicted octanol–water partition coefficient (Wildman–Crippen LogP) is 4.14. The molecule has 126 valence electrons. The van der Waals surface area contributed by atoms with Crippen molar-refractivity contribution in [2.75, 3.05) is 4.90 Å². The van der Waals surface area contributed by atoms with Crippen molar-refractivity contribution in [3.05, 3.63) is 64.3 Å². The number of hydrogen-bond donors (Lipinski definition) is 2. The van der Waals surface area contributed by atoms with Crippen LogP contribution in [0.25, 0.3) is 10.9 Å². The summed E-state index contributed by atoms with van der Waals surface area (Å²) in [6.45, 7) is 0. The number of aromatic amines is 1. The molecule has 0 radical (unpaired) electrons. The summed E-state index contributed by atoms with van der Waals surface area (Å²) in [6.07, 6.45) is 2.28. The van der Waals surface area contributed by atoms with Crippen LogP contribution in [0, 0.1) is 0 Å². The molecule has 0 aliphatic carbocycles. The molecule has 0 saturated carbocycles. The number of urea groups is 1. The van der Waals surface area contributed by atoms with E-state index in [9.17, 15) is 9.59 Å². The number of carbonyl (C=O) groups excluding carboxylic acids is 2. The number of imide groups is 1. The minimum atomic E-state index is -0.624. The molecule has 0 unspecified atom stereocenters. The zero-order valence-corrected chi connectivity index (χ0v) is 14.4. The number of carbonyl (C=O) groups is 2. The van der Waals surface area contributed by atoms with Crippen molar-refractivity contribution in [3.8, 4) is 0 Å². The predicted molar refractivity (Wildman–Crippen MR) is 98.3 cm³/mol. The van der Waals surface area contributed by atoms with Crippen molar-refractivity contribution in [3.63, 3.8) is 0 Å². The van der Waals surface area contributed by atoms with Gasteiger partial charge in [0.2, 0.25) is 0 Å². The third-order valence-corrected chi connectivity index (χ3v) is 5.02. The monoisotopic (exact) mass is 373 g/mol. The fourth-order valence-electron chi connectivity index (χ4n) is 3.06. The van der Waals surface area contributed by atoms with Gasteiger partial charge in [-0.15, -0.1) is 0 Å². The van der Waals surface area contributed by atoms with Crippen molar-refractivity contribution in [2.24, 2.45) is 0 Å². The second-order valence-corrected chi connectivity index (χ2v) is 6.65. The Morgan fingerprint density at radius 1 is 1.04 bits per heavy atom. The third kappa shape index (κ3) is 2.75. The molecule has 1 aliphatic rings. The maximum Gasteiger partial charge on any atom is 0.329 e. The van der Waals surface area contributed by atoms with Gasteiger partial charge >= 0.3 is 6.03 Å². The van der Waals surface area contributed by atoms with Gasteiger partial charge in [0, 0.05) is 23.5 Å². The average Bonchev–Trinajstić information content (AvgIpc) is 3.12. The van der Waals surface area contributed by atoms with Crippen LogP contribution in [0.4, 0.5) is 10.5 Å². The van der Waals surface area contributed by atoms with Crippen LogP contribution in [-0.4, -0.2) is 23.0 Å². The Morgan fingerprint density at radius 3 is 2.64 bits per heavy atom. The van der Waals surface area contributed by atoms with Crippen molar-refractivity contribution in [1.29, 1.82) is 0 Å². The molecule has 2 aromatic carbocycles. The number of para-hydroxylation sites is 1. The van der Waals surface area contributed by atoms with E-state index in [2.05, 4.69) is 10.3 Å². The summed E-state index contributed by atoms with van der Waals surface area (Å²) in [4.78, 5) is 29.3. The van der Waals surface area contributed by atoms with Crippen LogP contribution < -0.4 is 10.2 Å². The number of benzene rings is 2. The molecule has 1 saturated heterocycles. The van der Waals surface area contributed by atoms with E-state index in [-0.39, 0.29) is 5.91 Å². The topological polar surface area (TPSA) is 65.2 Å². The van der Waals surface area contributed by atoms with Gasteiger partial charge < -0.3 is 10.3 Å². The van der Waals surface area contributed by atoms with E-state index in [1.165, 1.54) is 6.07 Å². The zero-order valence-electron chi connectivity index (χ0n) is 12.9. The van der Waals surface area contributed by atoms with Crippen molar-refractivity contribution >= 4 is 51.7 Å². The highest BCUT2D eigenvalue weighted by atomic mass is 35.5. The Labute approximate surface area is 153 Å². The smallest absolute Gasteiger partial charge is 0.329 e. The van der Waals surface area contributed by atoms with E-state index >= 15 is 0 Å². The standard InChI is InChI=1S/C18H13Cl2N3O2/c19-13-6-5-11(8-14(13)20)23-17(24)16(22-18(23)25)7-10-9-21-15-4-2-1-3-12(10)15/h1-6,8-9,16,21H,7H2,(H,22,25)/t16-/m0/s1. The van der Waals surface area contributed by atoms with Gasteiger partial charge in [0.1, 0.15) is 6.04 Å². The number of H-pyrrole nitrogens is 1. The maximum absolute atomic E-state index is 12.7. The highest BCUT2D eigenvalue weighted by Crippen LogP contribution is 2.29. The summed E-state index contributed by atoms with van der Waals surface area (Å²) in [7, 11) is 0. The Balaban J connectivity index is 1.61. The van der Waals surface area contributed by atoms with Crippen molar-refractivity contribution in [2.45, 2.75) is 12.5 Å². The van der Waals surface area contributed by atoms with Crippen LogP contribution in [0.1, 0.15) is 5.56 Å². The van der Waals surface area contributed by atoms with Gasteiger partial charge in [0.15, 0.2) is 0 Å². The van der Waals surface area contributed by atoms with Gasteiger partial charge in [0.05, 0.1) is 15.7 Å². The number of nitrogens with zero attached hydrogens (tertiary/aromatic N) is 1. The first kappa shape index (κ1) is 16.0. The van der Waals surface area contributed by atoms with Crippen molar-refractivity contribution < 1.29 is 9.59 Å². The van der Waals surface area contributed by atoms with Crippen LogP contribution in [0.5, 0.6) is 0 Å². The lowest BCUT2D eigenvalue weighted by Crippen LogP contribution is -2.32. The van der Waals surface area contributed by atoms with Gasteiger partial charge in [-0.25, -0.2) is 9.69 Å². The van der Waals surface area contributed by atoms with E-state index < -0.39 is 12.1 Å². The molecule has 7 heteroatoms. The zero-order chi connectivity index (χ0) is 17.6. The molecule has 2 heterocycles. The summed E-state index contributed by atoms with van der Waals surface area (Å²) in [5.74, 6) is -0.311. The van der Waals surface area contributed by atoms with Crippen LogP contribution >= 0.6 is 23.2 Å². The molecule has 1 fully saturated rings. The molecule has 1 aliphatic heterocycles. The summed E-state index contributed by atoms with van der Waals surface area (Å²) in [6, 6.07) is 11.4. The summed E-state index contributed by atoms with van der Waals surface area (Å²) in [5.41, 5.74) is 2.37. The Kier molecular flexibility index (Phi) is 3.90. The highest BCUT2D eigenvalue weighted by molar-refractivity contribution is 6.42. The number of rotatable bonds is 3. The Hall–Kier alpha value is -2.50. The van der Waals surface area contributed by atoms with Crippen LogP contribution in [0.3, 0.4) is 0 Å². The fourth-order valence-corrected chi connectivity index (χ4v) is 3.35. The van der Waals surface area contributed by atoms with Gasteiger partial charge in [-0.2, -0.15) is 0 Å². The molecule has 2 N–H and O–H groups in total. The average molecular weight is 374 g/mol. The lowest BCUT2D eigenvalue weighted by Gasteiger charge is -2.13. The van der Waals surface area contributed by atoms with E-state index in [1.54, 1.807) is 12.1 Å². The molecular weight excluding hydrogens is 361 g/mol. The van der Waals surface area contributed by atoms with E-state index in [0.29, 0.717) is 22.2 Å². The van der Waals surface area contributed by atoms with Crippen LogP contribution in [-0.2, 0) is 11.2 Å². The number of fused-ring (bicyclic) bond motifs is 1. The lowest BCUT2D eigenvalue weighted by molar-refractivity contribution is -0.118. The second kappa shape index (κ2) is 6.10. The normalized spacial score (nSPS) is 17.4. The van der Waals surface area contributed by atoms with E-state index in [1.807, 2.05) is 30.5 Å². The minimum absolute atomic E-state index is 0.292. The molecular formula is C18H13Cl2N3O2. The van der Waals surface area contributed by atoms with Gasteiger partial charge in [-0.3, -0.25) is 4.79 Å². The van der Waals surface area contributed by atoms with Gasteiger partial charge in [-0.1, -0.05) is 41.4 Å². The number of aromatic nitrogens is 1. The summed E-state index contributed by atoms with van der Waals surface area (Å²) >= 11 is 11.9. The van der Waals surface area contributed by atoms with Crippen LogP contribution in [0.15, 0.2) is 48.7 Å². The summed E-state index contributed by atoms with van der Waals surface area (Å²) < 4.78 is 0. The largest absolute Gasteiger partial charge is 0.361 e. The van der Waals surface area contributed by atoms with E-state index in [0.717, 1.165) is 21.4 Å². The quantitative estimate of drug-likeness (QED) is 0.677. The molecule has 4 rings (SSSR count). The van der Waals surface area contributed by atoms with Gasteiger partial charge in [0.25, 0.3) is 5.91 Å². The first-order valence-corrected chi connectivity index (χ1v) is 8.44. The first-order chi connectivity index (χ1) is 12.0. The minimum Gasteiger partial charge on any atom is -0.361 e. The molecule has 3 aromatic rings. The lowest BCUT2D eigenvalue weighted by atomic mass is 10.0. The number of anilines is 1. The molecule has 5 nitrogen and oxygen atoms in total. The first-order valence-electron chi connectivity index (χ1n) is 7.69. The molecule has 25 heavy (non-hydrogen) atoms. The number of halogens is 2. The fraction of sp³-hybridized carbons (Fsp3) is 0.111. The Bertz CT molecular complexity index is 999. The molecule has 0 bridgehead atoms. The molecule has 1 atom stereocenters. The van der Waals surface area contributed by atoms with Crippen molar-refractivity contribution in [1.82, 2.24) is 10.3 Å². The second-order valence-electron chi connectivity index (χ2n) is 5.84. The van der Waals surface area contributed by atoms with E-state index in [4.69, 9.17) is 23.2 Å². The molecule has 3 amide bonds. The van der Waals surface area contributed by atoms with Gasteiger partial charge in [-0.05, 0) is 29.8 Å².